The lowest BCUT2D eigenvalue weighted by molar-refractivity contribution is 0.172. The van der Waals surface area contributed by atoms with Gasteiger partial charge in [-0.3, -0.25) is 4.79 Å². The van der Waals surface area contributed by atoms with E-state index >= 15 is 0 Å². The number of aromatic hydroxyl groups is 1. The summed E-state index contributed by atoms with van der Waals surface area (Å²) < 4.78 is 6.22. The van der Waals surface area contributed by atoms with Gasteiger partial charge < -0.3 is 25.0 Å². The lowest BCUT2D eigenvalue weighted by Crippen LogP contribution is -2.37. The van der Waals surface area contributed by atoms with Gasteiger partial charge in [-0.25, -0.2) is 4.98 Å². The number of hydrogen-bond donors (Lipinski definition) is 3. The first-order chi connectivity index (χ1) is 12.7. The van der Waals surface area contributed by atoms with Gasteiger partial charge in [0.2, 0.25) is 0 Å². The Morgan fingerprint density at radius 1 is 1.35 bits per heavy atom. The highest BCUT2D eigenvalue weighted by molar-refractivity contribution is 5.69. The van der Waals surface area contributed by atoms with Gasteiger partial charge in [-0.15, -0.1) is 0 Å². The molecule has 1 unspecified atom stereocenters. The average molecular weight is 356 g/mol. The van der Waals surface area contributed by atoms with Crippen LogP contribution in [0, 0.1) is 5.92 Å². The maximum atomic E-state index is 11.9. The molecule has 1 aromatic carbocycles. The minimum absolute atomic E-state index is 0.0336. The number of phenols is 1. The van der Waals surface area contributed by atoms with Crippen molar-refractivity contribution in [1.82, 2.24) is 9.97 Å². The van der Waals surface area contributed by atoms with E-state index in [1.165, 1.54) is 32.0 Å². The van der Waals surface area contributed by atoms with Gasteiger partial charge in [0.05, 0.1) is 19.5 Å². The molecule has 2 aromatic rings. The number of aromatic amines is 1. The summed E-state index contributed by atoms with van der Waals surface area (Å²) >= 11 is 0. The molecule has 0 radical (unpaired) electrons. The molecular weight excluding hydrogens is 332 g/mol. The molecule has 1 fully saturated rings. The van der Waals surface area contributed by atoms with Crippen molar-refractivity contribution in [3.63, 3.8) is 0 Å². The first-order valence-electron chi connectivity index (χ1n) is 9.21. The lowest BCUT2D eigenvalue weighted by Gasteiger charge is -2.27. The summed E-state index contributed by atoms with van der Waals surface area (Å²) in [6.45, 7) is 1.18. The highest BCUT2D eigenvalue weighted by Crippen LogP contribution is 2.32. The van der Waals surface area contributed by atoms with Crippen LogP contribution >= 0.6 is 0 Å². The van der Waals surface area contributed by atoms with Crippen molar-refractivity contribution >= 4 is 11.5 Å². The molecule has 7 heteroatoms. The number of ether oxygens (including phenoxy) is 1. The third-order valence-corrected chi connectivity index (χ3v) is 5.19. The van der Waals surface area contributed by atoms with E-state index in [0.29, 0.717) is 36.4 Å². The van der Waals surface area contributed by atoms with E-state index in [1.807, 2.05) is 11.0 Å². The molecule has 138 valence electrons. The molecule has 4 rings (SSSR count). The van der Waals surface area contributed by atoms with Crippen LogP contribution in [0.5, 0.6) is 11.5 Å². The first kappa shape index (κ1) is 16.8. The van der Waals surface area contributed by atoms with Gasteiger partial charge in [0.1, 0.15) is 23.3 Å². The zero-order valence-corrected chi connectivity index (χ0v) is 14.6. The number of nitrogens with zero attached hydrogens (tertiary/aromatic N) is 2. The van der Waals surface area contributed by atoms with Gasteiger partial charge in [0.25, 0.3) is 5.56 Å². The zero-order valence-electron chi connectivity index (χ0n) is 14.6. The van der Waals surface area contributed by atoms with Crippen molar-refractivity contribution < 1.29 is 9.84 Å². The molecule has 7 nitrogen and oxygen atoms in total. The Morgan fingerprint density at radius 3 is 3.00 bits per heavy atom. The first-order valence-corrected chi connectivity index (χ1v) is 9.21. The van der Waals surface area contributed by atoms with Crippen molar-refractivity contribution in [2.45, 2.75) is 38.2 Å². The molecule has 1 aromatic heterocycles. The molecule has 1 atom stereocenters. The summed E-state index contributed by atoms with van der Waals surface area (Å²) in [4.78, 5) is 20.9. The normalized spacial score (nSPS) is 17.8. The van der Waals surface area contributed by atoms with Gasteiger partial charge in [0.15, 0.2) is 5.82 Å². The Hall–Kier alpha value is -2.70. The number of rotatable bonds is 6. The third kappa shape index (κ3) is 3.61. The monoisotopic (exact) mass is 356 g/mol. The molecule has 0 bridgehead atoms. The van der Waals surface area contributed by atoms with Crippen LogP contribution in [0.1, 0.15) is 32.1 Å². The van der Waals surface area contributed by atoms with Crippen LogP contribution in [0.3, 0.4) is 0 Å². The minimum Gasteiger partial charge on any atom is -0.508 e. The summed E-state index contributed by atoms with van der Waals surface area (Å²) in [6, 6.07) is 6.92. The van der Waals surface area contributed by atoms with Crippen LogP contribution in [0.15, 0.2) is 35.4 Å². The summed E-state index contributed by atoms with van der Waals surface area (Å²) in [5, 5.41) is 12.8. The molecule has 2 heterocycles. The molecule has 0 amide bonds. The number of phenolic OH excluding ortho intramolecular Hbond substituents is 1. The van der Waals surface area contributed by atoms with Crippen LogP contribution in [0.25, 0.3) is 0 Å². The number of aromatic nitrogens is 2. The Morgan fingerprint density at radius 2 is 2.19 bits per heavy atom. The van der Waals surface area contributed by atoms with Crippen LogP contribution in [0.2, 0.25) is 0 Å². The van der Waals surface area contributed by atoms with Crippen LogP contribution in [0.4, 0.5) is 11.5 Å². The number of H-pyrrole nitrogens is 1. The highest BCUT2D eigenvalue weighted by Gasteiger charge is 2.28. The van der Waals surface area contributed by atoms with E-state index in [9.17, 15) is 9.90 Å². The van der Waals surface area contributed by atoms with E-state index < -0.39 is 0 Å². The van der Waals surface area contributed by atoms with Crippen LogP contribution < -0.4 is 20.5 Å². The fraction of sp³-hybridized carbons (Fsp3) is 0.474. The Bertz CT molecular complexity index is 816. The fourth-order valence-electron chi connectivity index (χ4n) is 3.96. The maximum Gasteiger partial charge on any atom is 0.276 e. The molecule has 3 N–H and O–H groups in total. The molecule has 1 aliphatic carbocycles. The van der Waals surface area contributed by atoms with Crippen molar-refractivity contribution in [2.75, 3.05) is 23.4 Å². The number of hydrogen-bond acceptors (Lipinski definition) is 6. The van der Waals surface area contributed by atoms with Crippen molar-refractivity contribution in [3.8, 4) is 11.5 Å². The summed E-state index contributed by atoms with van der Waals surface area (Å²) in [5.41, 5.74) is 0.364. The van der Waals surface area contributed by atoms with Gasteiger partial charge in [-0.1, -0.05) is 31.7 Å². The Kier molecular flexibility index (Phi) is 4.69. The van der Waals surface area contributed by atoms with Gasteiger partial charge in [-0.2, -0.15) is 0 Å². The number of fused-ring (bicyclic) bond motifs is 1. The number of benzene rings is 1. The van der Waals surface area contributed by atoms with Crippen molar-refractivity contribution in [1.29, 1.82) is 0 Å². The van der Waals surface area contributed by atoms with E-state index in [2.05, 4.69) is 15.3 Å². The van der Waals surface area contributed by atoms with Gasteiger partial charge in [-0.05, 0) is 24.5 Å². The third-order valence-electron chi connectivity index (χ3n) is 5.19. The second kappa shape index (κ2) is 7.27. The Balaban J connectivity index is 1.51. The number of anilines is 2. The van der Waals surface area contributed by atoms with Crippen molar-refractivity contribution in [2.24, 2.45) is 5.92 Å². The molecular formula is C19H24N4O3. The zero-order chi connectivity index (χ0) is 17.9. The molecule has 0 saturated heterocycles. The summed E-state index contributed by atoms with van der Waals surface area (Å²) in [6.07, 6.45) is 7.42. The predicted molar refractivity (Wildman–Crippen MR) is 99.8 cm³/mol. The van der Waals surface area contributed by atoms with E-state index in [0.717, 1.165) is 6.42 Å². The Labute approximate surface area is 152 Å². The van der Waals surface area contributed by atoms with E-state index in [-0.39, 0.29) is 17.4 Å². The average Bonchev–Trinajstić information content (AvgIpc) is 3.26. The van der Waals surface area contributed by atoms with E-state index in [1.54, 1.807) is 18.2 Å². The lowest BCUT2D eigenvalue weighted by atomic mass is 9.99. The van der Waals surface area contributed by atoms with Crippen LogP contribution in [-0.2, 0) is 0 Å². The van der Waals surface area contributed by atoms with Gasteiger partial charge >= 0.3 is 0 Å². The standard InChI is InChI=1S/C19H24N4O3/c24-14-6-3-7-15(9-14)26-16(8-13-4-1-2-5-13)10-23-12-22-17-18(23)20-11-21-19(17)25/h3,6-7,9,11,13,16,22,24H,1-2,4-5,8,10,12H2,(H,20,21,25). The fourth-order valence-corrected chi connectivity index (χ4v) is 3.96. The van der Waals surface area contributed by atoms with Gasteiger partial charge in [0, 0.05) is 6.07 Å². The second-order valence-corrected chi connectivity index (χ2v) is 7.11. The minimum atomic E-state index is -0.154. The van der Waals surface area contributed by atoms with Crippen molar-refractivity contribution in [3.05, 3.63) is 40.9 Å². The predicted octanol–water partition coefficient (Wildman–Crippen LogP) is 2.69. The summed E-state index contributed by atoms with van der Waals surface area (Å²) in [7, 11) is 0. The number of nitrogens with one attached hydrogen (secondary N) is 2. The molecule has 1 saturated carbocycles. The van der Waals surface area contributed by atoms with E-state index in [4.69, 9.17) is 4.74 Å². The van der Waals surface area contributed by atoms with Crippen LogP contribution in [-0.4, -0.2) is 34.4 Å². The molecule has 2 aliphatic rings. The maximum absolute atomic E-state index is 11.9. The second-order valence-electron chi connectivity index (χ2n) is 7.11. The smallest absolute Gasteiger partial charge is 0.276 e. The molecule has 0 spiro atoms. The quantitative estimate of drug-likeness (QED) is 0.737. The highest BCUT2D eigenvalue weighted by atomic mass is 16.5. The largest absolute Gasteiger partial charge is 0.508 e. The SMILES string of the molecule is O=c1[nH]cnc2c1NCN2CC(CC1CCCC1)Oc1cccc(O)c1. The topological polar surface area (TPSA) is 90.5 Å². The molecule has 1 aliphatic heterocycles. The molecule has 26 heavy (non-hydrogen) atoms. The summed E-state index contributed by atoms with van der Waals surface area (Å²) in [5.74, 6) is 2.20.